The summed E-state index contributed by atoms with van der Waals surface area (Å²) in [4.78, 5) is 14.8. The van der Waals surface area contributed by atoms with Crippen LogP contribution in [0.2, 0.25) is 0 Å². The summed E-state index contributed by atoms with van der Waals surface area (Å²) in [5.41, 5.74) is -0.0826. The number of carbonyl (C=O) groups excluding carboxylic acids is 1. The van der Waals surface area contributed by atoms with Gasteiger partial charge in [0.05, 0.1) is 11.5 Å². The fourth-order valence-corrected chi connectivity index (χ4v) is 5.32. The third-order valence-corrected chi connectivity index (χ3v) is 5.53. The maximum Gasteiger partial charge on any atom is 0.229 e. The minimum atomic E-state index is -0.0826. The maximum absolute atomic E-state index is 13.0. The summed E-state index contributed by atoms with van der Waals surface area (Å²) >= 11 is 0. The Morgan fingerprint density at radius 2 is 1.74 bits per heavy atom. The van der Waals surface area contributed by atoms with Gasteiger partial charge in [-0.1, -0.05) is 6.92 Å². The number of nitriles is 1. The summed E-state index contributed by atoms with van der Waals surface area (Å²) in [5, 5.41) is 8.95. The highest BCUT2D eigenvalue weighted by molar-refractivity contribution is 5.83. The van der Waals surface area contributed by atoms with Gasteiger partial charge in [-0.2, -0.15) is 5.26 Å². The second kappa shape index (κ2) is 4.81. The largest absolute Gasteiger partial charge is 0.329 e. The van der Waals surface area contributed by atoms with E-state index >= 15 is 0 Å². The number of hydrogen-bond acceptors (Lipinski definition) is 2. The van der Waals surface area contributed by atoms with Crippen molar-refractivity contribution in [3.8, 4) is 6.07 Å². The molecule has 4 fully saturated rings. The minimum absolute atomic E-state index is 0.0826. The number of carbonyl (C=O) groups is 1. The topological polar surface area (TPSA) is 44.1 Å². The maximum atomic E-state index is 13.0. The third-order valence-electron chi connectivity index (χ3n) is 5.53. The lowest BCUT2D eigenvalue weighted by Crippen LogP contribution is -2.54. The van der Waals surface area contributed by atoms with E-state index in [1.54, 1.807) is 0 Å². The van der Waals surface area contributed by atoms with E-state index in [9.17, 15) is 4.79 Å². The first-order chi connectivity index (χ1) is 9.16. The molecule has 1 amide bonds. The predicted octanol–water partition coefficient (Wildman–Crippen LogP) is 2.96. The van der Waals surface area contributed by atoms with Crippen LogP contribution in [0.1, 0.15) is 51.9 Å². The normalized spacial score (nSPS) is 39.1. The Labute approximate surface area is 116 Å². The van der Waals surface area contributed by atoms with Gasteiger partial charge >= 0.3 is 0 Å². The van der Waals surface area contributed by atoms with Crippen LogP contribution in [0.5, 0.6) is 0 Å². The molecule has 0 aliphatic heterocycles. The van der Waals surface area contributed by atoms with Crippen molar-refractivity contribution in [2.24, 2.45) is 23.2 Å². The highest BCUT2D eigenvalue weighted by Crippen LogP contribution is 2.60. The SMILES string of the molecule is CCCN(CC#N)C(=O)C12CC3CC(CC(C3)C1)C2. The number of amides is 1. The van der Waals surface area contributed by atoms with Crippen molar-refractivity contribution >= 4 is 5.91 Å². The number of rotatable bonds is 4. The zero-order chi connectivity index (χ0) is 13.5. The zero-order valence-electron chi connectivity index (χ0n) is 11.9. The second-order valence-corrected chi connectivity index (χ2v) is 7.08. The van der Waals surface area contributed by atoms with Gasteiger partial charge in [0.1, 0.15) is 6.54 Å². The van der Waals surface area contributed by atoms with Crippen molar-refractivity contribution in [2.45, 2.75) is 51.9 Å². The summed E-state index contributed by atoms with van der Waals surface area (Å²) in [7, 11) is 0. The molecule has 0 aromatic heterocycles. The molecule has 0 N–H and O–H groups in total. The van der Waals surface area contributed by atoms with Gasteiger partial charge in [0, 0.05) is 6.54 Å². The molecule has 0 radical (unpaired) electrons. The summed E-state index contributed by atoms with van der Waals surface area (Å²) in [6, 6.07) is 2.17. The highest BCUT2D eigenvalue weighted by Gasteiger charge is 2.55. The van der Waals surface area contributed by atoms with Crippen LogP contribution in [-0.4, -0.2) is 23.9 Å². The molecular weight excluding hydrogens is 236 g/mol. The van der Waals surface area contributed by atoms with E-state index in [2.05, 4.69) is 13.0 Å². The first-order valence-electron chi connectivity index (χ1n) is 7.83. The Hall–Kier alpha value is -1.04. The molecule has 0 saturated heterocycles. The summed E-state index contributed by atoms with van der Waals surface area (Å²) in [6.07, 6.45) is 8.33. The Morgan fingerprint density at radius 3 is 2.16 bits per heavy atom. The molecule has 0 aromatic rings. The van der Waals surface area contributed by atoms with Crippen molar-refractivity contribution in [2.75, 3.05) is 13.1 Å². The standard InChI is InChI=1S/C16H24N2O/c1-2-4-18(5-3-17)15(19)16-9-12-6-13(10-16)8-14(7-12)11-16/h12-14H,2,4-11H2,1H3. The van der Waals surface area contributed by atoms with E-state index in [0.717, 1.165) is 50.0 Å². The average molecular weight is 260 g/mol. The fraction of sp³-hybridized carbons (Fsp3) is 0.875. The van der Waals surface area contributed by atoms with Crippen LogP contribution in [0, 0.1) is 34.5 Å². The molecule has 19 heavy (non-hydrogen) atoms. The third kappa shape index (κ3) is 2.16. The summed E-state index contributed by atoms with van der Waals surface area (Å²) in [6.45, 7) is 3.10. The van der Waals surface area contributed by atoms with E-state index in [1.165, 1.54) is 19.3 Å². The molecule has 3 heteroatoms. The number of hydrogen-bond donors (Lipinski definition) is 0. The lowest BCUT2D eigenvalue weighted by atomic mass is 9.49. The number of nitrogens with zero attached hydrogens (tertiary/aromatic N) is 2. The van der Waals surface area contributed by atoms with Crippen LogP contribution in [0.25, 0.3) is 0 Å². The molecule has 0 aromatic carbocycles. The summed E-state index contributed by atoms with van der Waals surface area (Å²) < 4.78 is 0. The van der Waals surface area contributed by atoms with Crippen molar-refractivity contribution < 1.29 is 4.79 Å². The molecule has 0 unspecified atom stereocenters. The quantitative estimate of drug-likeness (QED) is 0.729. The van der Waals surface area contributed by atoms with Gasteiger partial charge in [-0.3, -0.25) is 4.79 Å². The van der Waals surface area contributed by atoms with Crippen LogP contribution in [0.3, 0.4) is 0 Å². The molecule has 0 spiro atoms. The molecule has 0 heterocycles. The van der Waals surface area contributed by atoms with E-state index in [1.807, 2.05) is 4.90 Å². The first kappa shape index (κ1) is 13.0. The second-order valence-electron chi connectivity index (χ2n) is 7.08. The molecule has 3 nitrogen and oxygen atoms in total. The van der Waals surface area contributed by atoms with Gasteiger partial charge < -0.3 is 4.90 Å². The van der Waals surface area contributed by atoms with Crippen LogP contribution >= 0.6 is 0 Å². The highest BCUT2D eigenvalue weighted by atomic mass is 16.2. The first-order valence-corrected chi connectivity index (χ1v) is 7.83. The fourth-order valence-electron chi connectivity index (χ4n) is 5.32. The van der Waals surface area contributed by atoms with Gasteiger partial charge in [-0.15, -0.1) is 0 Å². The van der Waals surface area contributed by atoms with Crippen molar-refractivity contribution in [3.05, 3.63) is 0 Å². The predicted molar refractivity (Wildman–Crippen MR) is 73.1 cm³/mol. The minimum Gasteiger partial charge on any atom is -0.329 e. The Balaban J connectivity index is 1.80. The van der Waals surface area contributed by atoms with Gasteiger partial charge in [-0.05, 0) is 62.7 Å². The smallest absolute Gasteiger partial charge is 0.229 e. The van der Waals surface area contributed by atoms with E-state index < -0.39 is 0 Å². The van der Waals surface area contributed by atoms with E-state index in [0.29, 0.717) is 5.91 Å². The monoisotopic (exact) mass is 260 g/mol. The average Bonchev–Trinajstić information content (AvgIpc) is 2.36. The van der Waals surface area contributed by atoms with Gasteiger partial charge in [-0.25, -0.2) is 0 Å². The molecule has 4 rings (SSSR count). The molecule has 4 aliphatic carbocycles. The van der Waals surface area contributed by atoms with Gasteiger partial charge in [0.25, 0.3) is 0 Å². The van der Waals surface area contributed by atoms with Crippen LogP contribution < -0.4 is 0 Å². The Bertz CT molecular complexity index is 374. The zero-order valence-corrected chi connectivity index (χ0v) is 11.9. The molecule has 0 atom stereocenters. The van der Waals surface area contributed by atoms with E-state index in [-0.39, 0.29) is 12.0 Å². The van der Waals surface area contributed by atoms with Crippen molar-refractivity contribution in [1.82, 2.24) is 4.90 Å². The Morgan fingerprint density at radius 1 is 1.21 bits per heavy atom. The van der Waals surface area contributed by atoms with Crippen molar-refractivity contribution in [3.63, 3.8) is 0 Å². The molecular formula is C16H24N2O. The van der Waals surface area contributed by atoms with Crippen LogP contribution in [-0.2, 0) is 4.79 Å². The van der Waals surface area contributed by atoms with Crippen molar-refractivity contribution in [1.29, 1.82) is 5.26 Å². The molecule has 4 aliphatic rings. The molecule has 4 saturated carbocycles. The lowest BCUT2D eigenvalue weighted by Gasteiger charge is -2.56. The van der Waals surface area contributed by atoms with Gasteiger partial charge in [0.2, 0.25) is 5.91 Å². The van der Waals surface area contributed by atoms with E-state index in [4.69, 9.17) is 5.26 Å². The lowest BCUT2D eigenvalue weighted by molar-refractivity contribution is -0.157. The van der Waals surface area contributed by atoms with Crippen LogP contribution in [0.4, 0.5) is 0 Å². The summed E-state index contributed by atoms with van der Waals surface area (Å²) in [5.74, 6) is 2.68. The molecule has 4 bridgehead atoms. The van der Waals surface area contributed by atoms with Crippen LogP contribution in [0.15, 0.2) is 0 Å². The van der Waals surface area contributed by atoms with Gasteiger partial charge in [0.15, 0.2) is 0 Å². The molecule has 104 valence electrons. The Kier molecular flexibility index (Phi) is 3.28.